The van der Waals surface area contributed by atoms with Crippen LogP contribution in [0.5, 0.6) is 0 Å². The molecule has 2 aromatic carbocycles. The van der Waals surface area contributed by atoms with Gasteiger partial charge in [0.1, 0.15) is 11.6 Å². The summed E-state index contributed by atoms with van der Waals surface area (Å²) in [5, 5.41) is 4.98. The number of halogens is 2. The molecule has 3 nitrogen and oxygen atoms in total. The average molecular weight is 290 g/mol. The second-order valence-electron chi connectivity index (χ2n) is 4.68. The van der Waals surface area contributed by atoms with Gasteiger partial charge < -0.3 is 10.6 Å². The van der Waals surface area contributed by atoms with Crippen molar-refractivity contribution in [3.63, 3.8) is 0 Å². The lowest BCUT2D eigenvalue weighted by molar-refractivity contribution is 0.252. The van der Waals surface area contributed by atoms with E-state index in [0.717, 1.165) is 23.3 Å². The van der Waals surface area contributed by atoms with E-state index in [-0.39, 0.29) is 5.69 Å². The maximum Gasteiger partial charge on any atom is 0.319 e. The van der Waals surface area contributed by atoms with Crippen LogP contribution in [0.3, 0.4) is 0 Å². The van der Waals surface area contributed by atoms with Crippen molar-refractivity contribution in [2.24, 2.45) is 0 Å². The summed E-state index contributed by atoms with van der Waals surface area (Å²) in [4.78, 5) is 11.6. The van der Waals surface area contributed by atoms with Gasteiger partial charge in [0.15, 0.2) is 0 Å². The molecule has 0 aromatic heterocycles. The Kier molecular flexibility index (Phi) is 4.87. The Bertz CT molecular complexity index is 644. The number of carbonyl (C=O) groups excluding carboxylic acids is 1. The summed E-state index contributed by atoms with van der Waals surface area (Å²) in [7, 11) is 0. The highest BCUT2D eigenvalue weighted by atomic mass is 19.1. The molecule has 2 rings (SSSR count). The molecule has 0 heterocycles. The normalized spacial score (nSPS) is 10.2. The van der Waals surface area contributed by atoms with Crippen LogP contribution >= 0.6 is 0 Å². The Morgan fingerprint density at radius 3 is 2.62 bits per heavy atom. The fourth-order valence-electron chi connectivity index (χ4n) is 1.96. The number of rotatable bonds is 4. The molecule has 0 unspecified atom stereocenters. The minimum absolute atomic E-state index is 0.0511. The molecule has 2 N–H and O–H groups in total. The van der Waals surface area contributed by atoms with Gasteiger partial charge in [-0.3, -0.25) is 0 Å². The van der Waals surface area contributed by atoms with Crippen LogP contribution < -0.4 is 10.6 Å². The summed E-state index contributed by atoms with van der Waals surface area (Å²) < 4.78 is 26.1. The van der Waals surface area contributed by atoms with E-state index >= 15 is 0 Å². The fourth-order valence-corrected chi connectivity index (χ4v) is 1.96. The van der Waals surface area contributed by atoms with E-state index < -0.39 is 17.7 Å². The van der Waals surface area contributed by atoms with E-state index in [1.54, 1.807) is 0 Å². The number of anilines is 1. The first-order valence-electron chi connectivity index (χ1n) is 6.60. The zero-order valence-electron chi connectivity index (χ0n) is 11.6. The van der Waals surface area contributed by atoms with Crippen LogP contribution in [-0.2, 0) is 6.42 Å². The van der Waals surface area contributed by atoms with Gasteiger partial charge in [-0.2, -0.15) is 0 Å². The number of hydrogen-bond acceptors (Lipinski definition) is 1. The third-order valence-electron chi connectivity index (χ3n) is 3.12. The molecule has 0 aliphatic heterocycles. The Labute approximate surface area is 122 Å². The molecular weight excluding hydrogens is 274 g/mol. The Hall–Kier alpha value is -2.43. The molecule has 0 atom stereocenters. The summed E-state index contributed by atoms with van der Waals surface area (Å²) in [6.07, 6.45) is 0.687. The van der Waals surface area contributed by atoms with Crippen LogP contribution in [0.4, 0.5) is 19.3 Å². The first-order valence-corrected chi connectivity index (χ1v) is 6.60. The van der Waals surface area contributed by atoms with Crippen LogP contribution in [0, 0.1) is 18.6 Å². The quantitative estimate of drug-likeness (QED) is 0.887. The lowest BCUT2D eigenvalue weighted by atomic mass is 10.1. The van der Waals surface area contributed by atoms with E-state index in [4.69, 9.17) is 0 Å². The molecule has 110 valence electrons. The zero-order valence-corrected chi connectivity index (χ0v) is 11.6. The first kappa shape index (κ1) is 15.0. The summed E-state index contributed by atoms with van der Waals surface area (Å²) in [5.41, 5.74) is 2.25. The number of benzene rings is 2. The number of aryl methyl sites for hydroxylation is 1. The van der Waals surface area contributed by atoms with Gasteiger partial charge in [-0.1, -0.05) is 24.3 Å². The smallest absolute Gasteiger partial charge is 0.319 e. The van der Waals surface area contributed by atoms with E-state index in [1.165, 1.54) is 6.07 Å². The van der Waals surface area contributed by atoms with Crippen molar-refractivity contribution in [1.29, 1.82) is 0 Å². The molecule has 0 fully saturated rings. The molecule has 0 spiro atoms. The lowest BCUT2D eigenvalue weighted by Gasteiger charge is -2.09. The van der Waals surface area contributed by atoms with Gasteiger partial charge in [-0.25, -0.2) is 13.6 Å². The molecule has 5 heteroatoms. The van der Waals surface area contributed by atoms with Gasteiger partial charge in [0, 0.05) is 12.6 Å². The Morgan fingerprint density at radius 2 is 1.90 bits per heavy atom. The molecule has 0 saturated heterocycles. The number of nitrogens with one attached hydrogen (secondary N) is 2. The van der Waals surface area contributed by atoms with Crippen LogP contribution in [0.2, 0.25) is 0 Å². The standard InChI is InChI=1S/C16H16F2N2O/c1-11-4-2-3-5-12(11)8-9-19-16(21)20-15-7-6-13(17)10-14(15)18/h2-7,10H,8-9H2,1H3,(H2,19,20,21). The van der Waals surface area contributed by atoms with Crippen LogP contribution in [-0.4, -0.2) is 12.6 Å². The predicted octanol–water partition coefficient (Wildman–Crippen LogP) is 3.64. The highest BCUT2D eigenvalue weighted by Crippen LogP contribution is 2.14. The maximum atomic E-state index is 13.4. The van der Waals surface area contributed by atoms with Gasteiger partial charge >= 0.3 is 6.03 Å². The van der Waals surface area contributed by atoms with E-state index in [0.29, 0.717) is 13.0 Å². The molecule has 0 bridgehead atoms. The van der Waals surface area contributed by atoms with E-state index in [1.807, 2.05) is 31.2 Å². The number of urea groups is 1. The van der Waals surface area contributed by atoms with Gasteiger partial charge in [-0.15, -0.1) is 0 Å². The minimum atomic E-state index is -0.802. The fraction of sp³-hybridized carbons (Fsp3) is 0.188. The largest absolute Gasteiger partial charge is 0.338 e. The van der Waals surface area contributed by atoms with Crippen LogP contribution in [0.15, 0.2) is 42.5 Å². The van der Waals surface area contributed by atoms with Crippen molar-refractivity contribution in [2.75, 3.05) is 11.9 Å². The van der Waals surface area contributed by atoms with Crippen molar-refractivity contribution in [1.82, 2.24) is 5.32 Å². The molecule has 2 amide bonds. The minimum Gasteiger partial charge on any atom is -0.338 e. The molecule has 0 aliphatic carbocycles. The highest BCUT2D eigenvalue weighted by molar-refractivity contribution is 5.89. The molecule has 0 aliphatic rings. The Balaban J connectivity index is 1.84. The van der Waals surface area contributed by atoms with Crippen molar-refractivity contribution < 1.29 is 13.6 Å². The summed E-state index contributed by atoms with van der Waals surface area (Å²) >= 11 is 0. The average Bonchev–Trinajstić information content (AvgIpc) is 2.44. The van der Waals surface area contributed by atoms with E-state index in [2.05, 4.69) is 10.6 Å². The molecule has 0 radical (unpaired) electrons. The molecular formula is C16H16F2N2O. The first-order chi connectivity index (χ1) is 10.1. The third-order valence-corrected chi connectivity index (χ3v) is 3.12. The topological polar surface area (TPSA) is 41.1 Å². The summed E-state index contributed by atoms with van der Waals surface area (Å²) in [6, 6.07) is 10.4. The Morgan fingerprint density at radius 1 is 1.14 bits per heavy atom. The SMILES string of the molecule is Cc1ccccc1CCNC(=O)Nc1ccc(F)cc1F. The van der Waals surface area contributed by atoms with Crippen LogP contribution in [0.1, 0.15) is 11.1 Å². The van der Waals surface area contributed by atoms with Crippen molar-refractivity contribution in [2.45, 2.75) is 13.3 Å². The second-order valence-corrected chi connectivity index (χ2v) is 4.68. The maximum absolute atomic E-state index is 13.4. The molecule has 0 saturated carbocycles. The van der Waals surface area contributed by atoms with Gasteiger partial charge in [-0.05, 0) is 36.6 Å². The number of carbonyl (C=O) groups is 1. The van der Waals surface area contributed by atoms with Gasteiger partial charge in [0.2, 0.25) is 0 Å². The van der Waals surface area contributed by atoms with Crippen molar-refractivity contribution >= 4 is 11.7 Å². The second kappa shape index (κ2) is 6.83. The predicted molar refractivity (Wildman–Crippen MR) is 78.3 cm³/mol. The van der Waals surface area contributed by atoms with Crippen LogP contribution in [0.25, 0.3) is 0 Å². The third kappa shape index (κ3) is 4.27. The number of amides is 2. The number of hydrogen-bond donors (Lipinski definition) is 2. The lowest BCUT2D eigenvalue weighted by Crippen LogP contribution is -2.30. The zero-order chi connectivity index (χ0) is 15.2. The summed E-state index contributed by atoms with van der Waals surface area (Å²) in [6.45, 7) is 2.43. The highest BCUT2D eigenvalue weighted by Gasteiger charge is 2.07. The molecule has 21 heavy (non-hydrogen) atoms. The molecule has 2 aromatic rings. The van der Waals surface area contributed by atoms with Crippen molar-refractivity contribution in [3.05, 3.63) is 65.2 Å². The van der Waals surface area contributed by atoms with Gasteiger partial charge in [0.05, 0.1) is 5.69 Å². The van der Waals surface area contributed by atoms with Gasteiger partial charge in [0.25, 0.3) is 0 Å². The monoisotopic (exact) mass is 290 g/mol. The van der Waals surface area contributed by atoms with E-state index in [9.17, 15) is 13.6 Å². The summed E-state index contributed by atoms with van der Waals surface area (Å²) in [5.74, 6) is -1.48. The van der Waals surface area contributed by atoms with Crippen molar-refractivity contribution in [3.8, 4) is 0 Å².